The first-order valence-electron chi connectivity index (χ1n) is 6.90. The molecular weight excluding hydrogens is 368 g/mol. The Bertz CT molecular complexity index is 951. The fourth-order valence-electron chi connectivity index (χ4n) is 2.19. The van der Waals surface area contributed by atoms with E-state index < -0.39 is 0 Å². The lowest BCUT2D eigenvalue weighted by Crippen LogP contribution is -1.80. The fourth-order valence-corrected chi connectivity index (χ4v) is 2.91. The lowest BCUT2D eigenvalue weighted by Gasteiger charge is -2.06. The Hall–Kier alpha value is -2.36. The highest BCUT2D eigenvalue weighted by atomic mass is 35.5. The van der Waals surface area contributed by atoms with Crippen LogP contribution in [0.2, 0.25) is 5.02 Å². The molecule has 3 N–H and O–H groups in total. The van der Waals surface area contributed by atoms with Gasteiger partial charge in [0.15, 0.2) is 5.75 Å². The van der Waals surface area contributed by atoms with Gasteiger partial charge in [0.1, 0.15) is 17.1 Å². The van der Waals surface area contributed by atoms with Gasteiger partial charge in [-0.05, 0) is 23.6 Å². The van der Waals surface area contributed by atoms with E-state index in [0.717, 1.165) is 5.39 Å². The molecule has 3 aromatic carbocycles. The van der Waals surface area contributed by atoms with Gasteiger partial charge in [0.25, 0.3) is 0 Å². The maximum atomic E-state index is 10.1. The molecule has 0 saturated heterocycles. The van der Waals surface area contributed by atoms with Crippen molar-refractivity contribution in [1.29, 1.82) is 0 Å². The third-order valence-corrected chi connectivity index (χ3v) is 4.16. The highest BCUT2D eigenvalue weighted by Crippen LogP contribution is 2.41. The van der Waals surface area contributed by atoms with Crippen molar-refractivity contribution in [1.82, 2.24) is 0 Å². The lowest BCUT2D eigenvalue weighted by atomic mass is 10.1. The molecule has 0 radical (unpaired) electrons. The highest BCUT2D eigenvalue weighted by molar-refractivity contribution is 7.94. The van der Waals surface area contributed by atoms with E-state index >= 15 is 0 Å². The summed E-state index contributed by atoms with van der Waals surface area (Å²) >= 11 is 6.60. The van der Waals surface area contributed by atoms with Crippen LogP contribution in [0.25, 0.3) is 10.8 Å². The average molecular weight is 379 g/mol. The van der Waals surface area contributed by atoms with Crippen molar-refractivity contribution in [2.75, 3.05) is 0 Å². The summed E-state index contributed by atoms with van der Waals surface area (Å²) < 4.78 is 4.33. The summed E-state index contributed by atoms with van der Waals surface area (Å²) in [6, 6.07) is 13.5. The zero-order chi connectivity index (χ0) is 17.8. The van der Waals surface area contributed by atoms with E-state index in [1.807, 2.05) is 18.2 Å². The molecule has 0 aliphatic rings. The van der Waals surface area contributed by atoms with Crippen LogP contribution >= 0.6 is 23.6 Å². The van der Waals surface area contributed by atoms with Gasteiger partial charge >= 0.3 is 0 Å². The van der Waals surface area contributed by atoms with Crippen molar-refractivity contribution < 1.29 is 24.8 Å². The van der Waals surface area contributed by atoms with Crippen molar-refractivity contribution in [2.24, 2.45) is 10.2 Å². The Morgan fingerprint density at radius 1 is 1.00 bits per heavy atom. The topological polar surface area (TPSA) is 104 Å². The first-order chi connectivity index (χ1) is 12.1. The van der Waals surface area contributed by atoms with E-state index in [4.69, 9.17) is 16.9 Å². The van der Waals surface area contributed by atoms with Gasteiger partial charge in [0, 0.05) is 10.3 Å². The molecule has 0 fully saturated rings. The molecule has 0 spiro atoms. The number of fused-ring (bicyclic) bond motifs is 1. The third-order valence-electron chi connectivity index (χ3n) is 3.31. The molecule has 0 unspecified atom stereocenters. The van der Waals surface area contributed by atoms with Gasteiger partial charge < -0.3 is 10.2 Å². The lowest BCUT2D eigenvalue weighted by molar-refractivity contribution is -0.432. The Balaban J connectivity index is 2.03. The second-order valence-corrected chi connectivity index (χ2v) is 6.03. The van der Waals surface area contributed by atoms with Crippen molar-refractivity contribution in [3.63, 3.8) is 0 Å². The van der Waals surface area contributed by atoms with Crippen LogP contribution in [0.3, 0.4) is 0 Å². The molecule has 7 nitrogen and oxygen atoms in total. The summed E-state index contributed by atoms with van der Waals surface area (Å²) in [5, 5.41) is 41.5. The van der Waals surface area contributed by atoms with Crippen molar-refractivity contribution in [3.05, 3.63) is 53.6 Å². The smallest absolute Gasteiger partial charge is 0.161 e. The summed E-state index contributed by atoms with van der Waals surface area (Å²) in [7, 11) is 0. The van der Waals surface area contributed by atoms with Gasteiger partial charge in [0.05, 0.1) is 17.1 Å². The number of benzene rings is 3. The Kier molecular flexibility index (Phi) is 5.37. The van der Waals surface area contributed by atoms with E-state index in [-0.39, 0.29) is 27.9 Å². The van der Waals surface area contributed by atoms with Crippen LogP contribution in [0, 0.1) is 0 Å². The molecule has 0 bridgehead atoms. The normalized spacial score (nSPS) is 11.4. The molecule has 3 rings (SSSR count). The number of nitrogens with zero attached hydrogens (tertiary/aromatic N) is 2. The number of halogens is 1. The molecule has 128 valence electrons. The van der Waals surface area contributed by atoms with Crippen molar-refractivity contribution in [2.45, 2.75) is 4.90 Å². The highest BCUT2D eigenvalue weighted by Gasteiger charge is 2.11. The zero-order valence-corrected chi connectivity index (χ0v) is 14.0. The first kappa shape index (κ1) is 17.5. The first-order valence-corrected chi connectivity index (χ1v) is 8.02. The van der Waals surface area contributed by atoms with Gasteiger partial charge in [-0.15, -0.1) is 14.6 Å². The molecule has 0 atom stereocenters. The maximum Gasteiger partial charge on any atom is 0.161 e. The van der Waals surface area contributed by atoms with E-state index in [1.165, 1.54) is 18.2 Å². The van der Waals surface area contributed by atoms with Crippen LogP contribution < -0.4 is 0 Å². The largest absolute Gasteiger partial charge is 0.506 e. The second-order valence-electron chi connectivity index (χ2n) is 4.85. The molecule has 0 amide bonds. The number of phenolic OH excluding ortho intramolecular Hbond substituents is 2. The summed E-state index contributed by atoms with van der Waals surface area (Å²) in [5.74, 6) is -0.324. The minimum absolute atomic E-state index is 0.0163. The Labute approximate surface area is 151 Å². The Morgan fingerprint density at radius 3 is 2.60 bits per heavy atom. The van der Waals surface area contributed by atoms with E-state index in [0.29, 0.717) is 22.3 Å². The maximum absolute atomic E-state index is 10.1. The standard InChI is InChI=1S/C16H11ClN2O5S/c17-12-7-10(25-24-23-22)8-13(16(12)21)18-19-15-11-4-2-1-3-9(11)5-6-14(15)20/h1-8,20-22H. The molecule has 3 aromatic rings. The van der Waals surface area contributed by atoms with Crippen molar-refractivity contribution in [3.8, 4) is 11.5 Å². The predicted molar refractivity (Wildman–Crippen MR) is 93.6 cm³/mol. The summed E-state index contributed by atoms with van der Waals surface area (Å²) in [6.45, 7) is 0. The van der Waals surface area contributed by atoms with Crippen LogP contribution in [-0.4, -0.2) is 15.5 Å². The van der Waals surface area contributed by atoms with Crippen LogP contribution in [0.4, 0.5) is 11.4 Å². The van der Waals surface area contributed by atoms with Gasteiger partial charge in [-0.2, -0.15) is 0 Å². The fraction of sp³-hybridized carbons (Fsp3) is 0. The average Bonchev–Trinajstić information content (AvgIpc) is 2.62. The van der Waals surface area contributed by atoms with Crippen molar-refractivity contribution >= 4 is 45.8 Å². The molecule has 0 heterocycles. The zero-order valence-electron chi connectivity index (χ0n) is 12.5. The van der Waals surface area contributed by atoms with Gasteiger partial charge in [-0.25, -0.2) is 5.26 Å². The number of hydrogen-bond acceptors (Lipinski definition) is 8. The number of phenols is 2. The molecule has 25 heavy (non-hydrogen) atoms. The molecule has 0 aromatic heterocycles. The van der Waals surface area contributed by atoms with E-state index in [1.54, 1.807) is 12.1 Å². The van der Waals surface area contributed by atoms with E-state index in [2.05, 4.69) is 19.6 Å². The molecule has 0 saturated carbocycles. The van der Waals surface area contributed by atoms with Gasteiger partial charge in [-0.3, -0.25) is 0 Å². The van der Waals surface area contributed by atoms with Gasteiger partial charge in [-0.1, -0.05) is 47.0 Å². The quantitative estimate of drug-likeness (QED) is 0.226. The van der Waals surface area contributed by atoms with Crippen LogP contribution in [0.1, 0.15) is 0 Å². The molecule has 0 aliphatic heterocycles. The molecular formula is C16H11ClN2O5S. The predicted octanol–water partition coefficient (Wildman–Crippen LogP) is 5.75. The number of azo groups is 1. The van der Waals surface area contributed by atoms with Crippen LogP contribution in [0.15, 0.2) is 63.7 Å². The Morgan fingerprint density at radius 2 is 1.80 bits per heavy atom. The number of rotatable bonds is 5. The number of hydrogen-bond donors (Lipinski definition) is 3. The van der Waals surface area contributed by atoms with Gasteiger partial charge in [0.2, 0.25) is 0 Å². The minimum Gasteiger partial charge on any atom is -0.506 e. The molecule has 9 heteroatoms. The summed E-state index contributed by atoms with van der Waals surface area (Å²) in [5.41, 5.74) is 0.325. The summed E-state index contributed by atoms with van der Waals surface area (Å²) in [4.78, 5) is 0.410. The summed E-state index contributed by atoms with van der Waals surface area (Å²) in [6.07, 6.45) is 0. The molecule has 0 aliphatic carbocycles. The SMILES string of the molecule is OOOSc1cc(Cl)c(O)c(N=Nc2c(O)ccc3ccccc23)c1. The van der Waals surface area contributed by atoms with E-state index in [9.17, 15) is 10.2 Å². The van der Waals surface area contributed by atoms with Crippen LogP contribution in [-0.2, 0) is 9.37 Å². The van der Waals surface area contributed by atoms with Crippen LogP contribution in [0.5, 0.6) is 11.5 Å². The monoisotopic (exact) mass is 378 g/mol. The third kappa shape index (κ3) is 3.84. The minimum atomic E-state index is -0.278. The second kappa shape index (κ2) is 7.68. The number of aromatic hydroxyl groups is 2.